The minimum atomic E-state index is -0.0145. The molecule has 2 unspecified atom stereocenters. The SMILES string of the molecule is Cc1ccc(C2C(N)CCCC(=O)N2CC(C)C)cc1Br. The number of benzene rings is 1. The van der Waals surface area contributed by atoms with Crippen LogP contribution in [-0.2, 0) is 4.79 Å². The number of amides is 1. The van der Waals surface area contributed by atoms with Crippen LogP contribution in [-0.4, -0.2) is 23.4 Å². The molecule has 1 aliphatic heterocycles. The summed E-state index contributed by atoms with van der Waals surface area (Å²) in [5, 5.41) is 0. The lowest BCUT2D eigenvalue weighted by atomic mass is 9.95. The number of carbonyl (C=O) groups excluding carboxylic acids is 1. The molecule has 1 fully saturated rings. The smallest absolute Gasteiger partial charge is 0.223 e. The van der Waals surface area contributed by atoms with Gasteiger partial charge in [-0.15, -0.1) is 0 Å². The molecule has 1 amide bonds. The summed E-state index contributed by atoms with van der Waals surface area (Å²) in [5.74, 6) is 0.675. The maximum atomic E-state index is 12.5. The van der Waals surface area contributed by atoms with E-state index in [1.54, 1.807) is 0 Å². The number of hydrogen-bond donors (Lipinski definition) is 1. The Morgan fingerprint density at radius 3 is 2.76 bits per heavy atom. The number of carbonyl (C=O) groups is 1. The molecule has 2 rings (SSSR count). The molecule has 1 aromatic carbocycles. The average molecular weight is 353 g/mol. The number of nitrogens with zero attached hydrogens (tertiary/aromatic N) is 1. The zero-order valence-electron chi connectivity index (χ0n) is 13.1. The highest BCUT2D eigenvalue weighted by atomic mass is 79.9. The van der Waals surface area contributed by atoms with Crippen LogP contribution in [0.3, 0.4) is 0 Å². The Morgan fingerprint density at radius 2 is 2.14 bits per heavy atom. The van der Waals surface area contributed by atoms with E-state index in [4.69, 9.17) is 5.73 Å². The van der Waals surface area contributed by atoms with Crippen molar-refractivity contribution in [3.63, 3.8) is 0 Å². The molecule has 0 spiro atoms. The van der Waals surface area contributed by atoms with Crippen LogP contribution < -0.4 is 5.73 Å². The molecule has 1 heterocycles. The van der Waals surface area contributed by atoms with Crippen molar-refractivity contribution in [2.75, 3.05) is 6.54 Å². The second-order valence-electron chi connectivity index (χ2n) is 6.45. The van der Waals surface area contributed by atoms with Gasteiger partial charge in [0.15, 0.2) is 0 Å². The summed E-state index contributed by atoms with van der Waals surface area (Å²) in [4.78, 5) is 14.5. The fraction of sp³-hybridized carbons (Fsp3) is 0.588. The first-order valence-electron chi connectivity index (χ1n) is 7.71. The largest absolute Gasteiger partial charge is 0.334 e. The third-order valence-corrected chi connectivity index (χ3v) is 4.94. The number of rotatable bonds is 3. The van der Waals surface area contributed by atoms with Gasteiger partial charge >= 0.3 is 0 Å². The van der Waals surface area contributed by atoms with Crippen molar-refractivity contribution in [2.24, 2.45) is 11.7 Å². The third-order valence-electron chi connectivity index (χ3n) is 4.09. The third kappa shape index (κ3) is 3.86. The predicted octanol–water partition coefficient (Wildman–Crippen LogP) is 3.79. The molecule has 2 atom stereocenters. The second-order valence-corrected chi connectivity index (χ2v) is 7.30. The van der Waals surface area contributed by atoms with E-state index < -0.39 is 0 Å². The van der Waals surface area contributed by atoms with Crippen LogP contribution in [0.1, 0.15) is 50.3 Å². The summed E-state index contributed by atoms with van der Waals surface area (Å²) in [6.07, 6.45) is 2.40. The molecule has 1 aromatic rings. The molecule has 0 saturated carbocycles. The van der Waals surface area contributed by atoms with E-state index in [1.807, 2.05) is 4.90 Å². The molecule has 4 heteroatoms. The van der Waals surface area contributed by atoms with Gasteiger partial charge in [0.05, 0.1) is 6.04 Å². The van der Waals surface area contributed by atoms with Crippen LogP contribution in [0.25, 0.3) is 0 Å². The molecule has 3 nitrogen and oxygen atoms in total. The molecular formula is C17H25BrN2O. The van der Waals surface area contributed by atoms with Crippen molar-refractivity contribution in [3.8, 4) is 0 Å². The van der Waals surface area contributed by atoms with Gasteiger partial charge in [-0.2, -0.15) is 0 Å². The molecule has 0 radical (unpaired) electrons. The minimum Gasteiger partial charge on any atom is -0.334 e. The summed E-state index contributed by atoms with van der Waals surface area (Å²) in [6, 6.07) is 6.31. The monoisotopic (exact) mass is 352 g/mol. The van der Waals surface area contributed by atoms with Gasteiger partial charge in [-0.1, -0.05) is 41.9 Å². The zero-order valence-corrected chi connectivity index (χ0v) is 14.7. The Balaban J connectivity index is 2.40. The highest BCUT2D eigenvalue weighted by molar-refractivity contribution is 9.10. The van der Waals surface area contributed by atoms with Crippen molar-refractivity contribution >= 4 is 21.8 Å². The predicted molar refractivity (Wildman–Crippen MR) is 90.0 cm³/mol. The number of aryl methyl sites for hydroxylation is 1. The lowest BCUT2D eigenvalue weighted by molar-refractivity contribution is -0.133. The van der Waals surface area contributed by atoms with Crippen molar-refractivity contribution in [1.82, 2.24) is 4.90 Å². The summed E-state index contributed by atoms with van der Waals surface area (Å²) in [6.45, 7) is 7.12. The van der Waals surface area contributed by atoms with E-state index in [0.29, 0.717) is 12.3 Å². The summed E-state index contributed by atoms with van der Waals surface area (Å²) in [7, 11) is 0. The number of nitrogens with two attached hydrogens (primary N) is 1. The van der Waals surface area contributed by atoms with Gasteiger partial charge in [0.1, 0.15) is 0 Å². The molecule has 1 saturated heterocycles. The maximum Gasteiger partial charge on any atom is 0.223 e. The Labute approximate surface area is 136 Å². The summed E-state index contributed by atoms with van der Waals surface area (Å²) >= 11 is 3.59. The summed E-state index contributed by atoms with van der Waals surface area (Å²) in [5.41, 5.74) is 8.75. The van der Waals surface area contributed by atoms with Crippen molar-refractivity contribution in [3.05, 3.63) is 33.8 Å². The van der Waals surface area contributed by atoms with Crippen LogP contribution in [0.4, 0.5) is 0 Å². The van der Waals surface area contributed by atoms with Gasteiger partial charge in [0.25, 0.3) is 0 Å². The molecule has 0 bridgehead atoms. The van der Waals surface area contributed by atoms with E-state index in [-0.39, 0.29) is 18.0 Å². The van der Waals surface area contributed by atoms with Gasteiger partial charge < -0.3 is 10.6 Å². The first-order chi connectivity index (χ1) is 9.90. The topological polar surface area (TPSA) is 46.3 Å². The van der Waals surface area contributed by atoms with Crippen molar-refractivity contribution < 1.29 is 4.79 Å². The molecule has 0 aliphatic carbocycles. The highest BCUT2D eigenvalue weighted by Gasteiger charge is 2.33. The van der Waals surface area contributed by atoms with Gasteiger partial charge in [-0.25, -0.2) is 0 Å². The Kier molecular flexibility index (Phi) is 5.44. The Morgan fingerprint density at radius 1 is 1.43 bits per heavy atom. The molecule has 1 aliphatic rings. The number of likely N-dealkylation sites (tertiary alicyclic amines) is 1. The molecule has 2 N–H and O–H groups in total. The van der Waals surface area contributed by atoms with Crippen LogP contribution in [0.15, 0.2) is 22.7 Å². The first-order valence-corrected chi connectivity index (χ1v) is 8.50. The van der Waals surface area contributed by atoms with Gasteiger partial charge in [-0.3, -0.25) is 4.79 Å². The lowest BCUT2D eigenvalue weighted by Gasteiger charge is -2.35. The normalized spacial score (nSPS) is 23.5. The van der Waals surface area contributed by atoms with Crippen LogP contribution in [0, 0.1) is 12.8 Å². The first kappa shape index (κ1) is 16.5. The van der Waals surface area contributed by atoms with E-state index >= 15 is 0 Å². The van der Waals surface area contributed by atoms with Crippen LogP contribution in [0.5, 0.6) is 0 Å². The minimum absolute atomic E-state index is 0.00445. The van der Waals surface area contributed by atoms with Gasteiger partial charge in [0.2, 0.25) is 5.91 Å². The molecule has 116 valence electrons. The Bertz CT molecular complexity index is 516. The fourth-order valence-electron chi connectivity index (χ4n) is 3.01. The average Bonchev–Trinajstić information content (AvgIpc) is 2.53. The molecule has 21 heavy (non-hydrogen) atoms. The quantitative estimate of drug-likeness (QED) is 0.899. The van der Waals surface area contributed by atoms with E-state index in [1.165, 1.54) is 5.56 Å². The van der Waals surface area contributed by atoms with Crippen LogP contribution in [0.2, 0.25) is 0 Å². The van der Waals surface area contributed by atoms with Gasteiger partial charge in [0, 0.05) is 23.5 Å². The molecule has 0 aromatic heterocycles. The van der Waals surface area contributed by atoms with E-state index in [0.717, 1.165) is 29.4 Å². The van der Waals surface area contributed by atoms with Crippen LogP contribution >= 0.6 is 15.9 Å². The Hall–Kier alpha value is -0.870. The highest BCUT2D eigenvalue weighted by Crippen LogP contribution is 2.32. The lowest BCUT2D eigenvalue weighted by Crippen LogP contribution is -2.43. The van der Waals surface area contributed by atoms with Gasteiger partial charge in [-0.05, 0) is 42.9 Å². The molecular weight excluding hydrogens is 328 g/mol. The second kappa shape index (κ2) is 6.93. The zero-order chi connectivity index (χ0) is 15.6. The fourth-order valence-corrected chi connectivity index (χ4v) is 3.40. The van der Waals surface area contributed by atoms with Crippen molar-refractivity contribution in [1.29, 1.82) is 0 Å². The van der Waals surface area contributed by atoms with E-state index in [9.17, 15) is 4.79 Å². The standard InChI is InChI=1S/C17H25BrN2O/c1-11(2)10-20-16(21)6-4-5-15(19)17(20)13-8-7-12(3)14(18)9-13/h7-9,11,15,17H,4-6,10,19H2,1-3H3. The summed E-state index contributed by atoms with van der Waals surface area (Å²) < 4.78 is 1.08. The number of hydrogen-bond acceptors (Lipinski definition) is 2. The van der Waals surface area contributed by atoms with Crippen molar-refractivity contribution in [2.45, 2.75) is 52.1 Å². The van der Waals surface area contributed by atoms with E-state index in [2.05, 4.69) is 54.9 Å². The maximum absolute atomic E-state index is 12.5. The number of halogens is 1.